The lowest BCUT2D eigenvalue weighted by atomic mass is 9.86. The van der Waals surface area contributed by atoms with Crippen LogP contribution in [0.15, 0.2) is 103 Å². The first-order valence-electron chi connectivity index (χ1n) is 20.2. The summed E-state index contributed by atoms with van der Waals surface area (Å²) in [7, 11) is -2.70. The zero-order chi connectivity index (χ0) is 46.2. The van der Waals surface area contributed by atoms with Gasteiger partial charge in [-0.1, -0.05) is 107 Å². The van der Waals surface area contributed by atoms with Crippen molar-refractivity contribution in [2.45, 2.75) is 61.8 Å². The van der Waals surface area contributed by atoms with E-state index in [1.807, 2.05) is 19.1 Å². The van der Waals surface area contributed by atoms with E-state index in [2.05, 4.69) is 20.8 Å². The number of hydrogen-bond acceptors (Lipinski definition) is 10. The molecule has 5 aromatic carbocycles. The van der Waals surface area contributed by atoms with Gasteiger partial charge in [0.05, 0.1) is 28.4 Å². The monoisotopic (exact) mass is 880 g/mol. The predicted octanol–water partition coefficient (Wildman–Crippen LogP) is 11.7. The molecule has 0 bridgehead atoms. The summed E-state index contributed by atoms with van der Waals surface area (Å²) >= 11 is 0. The van der Waals surface area contributed by atoms with Gasteiger partial charge in [0.25, 0.3) is 0 Å². The Morgan fingerprint density at radius 1 is 0.484 bits per heavy atom. The van der Waals surface area contributed by atoms with Gasteiger partial charge in [0, 0.05) is 22.6 Å². The topological polar surface area (TPSA) is 139 Å². The first-order valence-corrected chi connectivity index (χ1v) is 23.8. The molecule has 0 fully saturated rings. The first-order chi connectivity index (χ1) is 29.2. The molecule has 0 heterocycles. The smallest absolute Gasteiger partial charge is 0.248 e. The van der Waals surface area contributed by atoms with Gasteiger partial charge in [0.1, 0.15) is 34.1 Å². The standard InChI is InChI=1S/C26H35O7P.C24H23O3P/c1-17(15-26(2,3)4)16-34(29,24(27)22-18(30-5)11-9-12-19(22)31-6)25(28)23-20(32-7)13-10-14-21(23)33-8;1-16-10-8-11-17(2)21(16)23(25)28(27,20-14-6-5-7-15-20)24(26)22-18(3)12-9-13-19(22)4/h9-14,17H,15-16H2,1-8H3;5-15H,1-4H3. The van der Waals surface area contributed by atoms with Gasteiger partial charge in [-0.15, -0.1) is 0 Å². The van der Waals surface area contributed by atoms with Crippen LogP contribution in [0.2, 0.25) is 0 Å². The Morgan fingerprint density at radius 3 is 1.11 bits per heavy atom. The van der Waals surface area contributed by atoms with E-state index in [1.165, 1.54) is 28.4 Å². The minimum Gasteiger partial charge on any atom is -0.496 e. The molecule has 1 unspecified atom stereocenters. The highest BCUT2D eigenvalue weighted by molar-refractivity contribution is 8.01. The number of ether oxygens (including phenoxy) is 4. The number of carbonyl (C=O) groups is 4. The van der Waals surface area contributed by atoms with Gasteiger partial charge < -0.3 is 28.1 Å². The molecule has 10 nitrogen and oxygen atoms in total. The average molecular weight is 881 g/mol. The van der Waals surface area contributed by atoms with Crippen molar-refractivity contribution in [1.82, 2.24) is 0 Å². The van der Waals surface area contributed by atoms with E-state index in [0.717, 1.165) is 22.3 Å². The SMILES string of the molecule is COc1cccc(OC)c1C(=O)P(=O)(CC(C)CC(C)(C)C)C(=O)c1c(OC)cccc1OC.Cc1cccc(C)c1C(=O)P(=O)(C(=O)c1c(C)cccc1C)c1ccccc1. The Balaban J connectivity index is 0.000000277. The largest absolute Gasteiger partial charge is 0.496 e. The van der Waals surface area contributed by atoms with E-state index in [9.17, 15) is 28.3 Å². The van der Waals surface area contributed by atoms with Crippen LogP contribution in [0.25, 0.3) is 0 Å². The molecule has 0 aromatic heterocycles. The molecule has 5 aromatic rings. The van der Waals surface area contributed by atoms with Gasteiger partial charge in [0.2, 0.25) is 36.4 Å². The summed E-state index contributed by atoms with van der Waals surface area (Å²) in [5.41, 5.74) is 0.702. The zero-order valence-electron chi connectivity index (χ0n) is 37.8. The van der Waals surface area contributed by atoms with E-state index < -0.39 is 36.4 Å². The molecule has 0 radical (unpaired) electrons. The summed E-state index contributed by atoms with van der Waals surface area (Å²) < 4.78 is 50.5. The highest BCUT2D eigenvalue weighted by Crippen LogP contribution is 2.58. The normalized spacial score (nSPS) is 12.0. The summed E-state index contributed by atoms with van der Waals surface area (Å²) in [5, 5.41) is 0.273. The van der Waals surface area contributed by atoms with Crippen LogP contribution >= 0.6 is 14.3 Å². The lowest BCUT2D eigenvalue weighted by Gasteiger charge is -2.27. The number of hydrogen-bond donors (Lipinski definition) is 0. The molecule has 5 rings (SSSR count). The summed E-state index contributed by atoms with van der Waals surface area (Å²) in [6, 6.07) is 29.0. The molecule has 0 N–H and O–H groups in total. The maximum atomic E-state index is 14.7. The molecule has 62 heavy (non-hydrogen) atoms. The van der Waals surface area contributed by atoms with E-state index >= 15 is 0 Å². The molecule has 0 aliphatic rings. The van der Waals surface area contributed by atoms with Crippen LogP contribution in [0, 0.1) is 39.0 Å². The second-order valence-corrected chi connectivity index (χ2v) is 21.8. The van der Waals surface area contributed by atoms with Gasteiger partial charge in [0.15, 0.2) is 0 Å². The van der Waals surface area contributed by atoms with Gasteiger partial charge in [-0.05, 0) is 92.0 Å². The van der Waals surface area contributed by atoms with Crippen LogP contribution in [0.5, 0.6) is 23.0 Å². The summed E-state index contributed by atoms with van der Waals surface area (Å²) in [6.07, 6.45) is 0.564. The van der Waals surface area contributed by atoms with Crippen molar-refractivity contribution in [2.75, 3.05) is 34.6 Å². The van der Waals surface area contributed by atoms with Gasteiger partial charge in [-0.3, -0.25) is 19.2 Å². The van der Waals surface area contributed by atoms with Crippen molar-refractivity contribution in [3.63, 3.8) is 0 Å². The highest BCUT2D eigenvalue weighted by atomic mass is 31.2. The second kappa shape index (κ2) is 20.5. The maximum Gasteiger partial charge on any atom is 0.248 e. The number of benzene rings is 5. The Kier molecular flexibility index (Phi) is 16.3. The molecule has 1 atom stereocenters. The summed E-state index contributed by atoms with van der Waals surface area (Å²) in [6.45, 7) is 15.3. The Morgan fingerprint density at radius 2 is 0.806 bits per heavy atom. The van der Waals surface area contributed by atoms with Crippen LogP contribution in [0.1, 0.15) is 97.8 Å². The minimum atomic E-state index is -4.25. The van der Waals surface area contributed by atoms with Gasteiger partial charge >= 0.3 is 0 Å². The van der Waals surface area contributed by atoms with Crippen molar-refractivity contribution < 1.29 is 47.3 Å². The lowest BCUT2D eigenvalue weighted by molar-refractivity contribution is 0.102. The summed E-state index contributed by atoms with van der Waals surface area (Å²) in [5.74, 6) is 0.571. The number of rotatable bonds is 16. The third-order valence-corrected chi connectivity index (χ3v) is 16.1. The van der Waals surface area contributed by atoms with E-state index in [4.69, 9.17) is 18.9 Å². The van der Waals surface area contributed by atoms with Crippen LogP contribution in [-0.2, 0) is 9.13 Å². The first kappa shape index (κ1) is 49.1. The molecule has 0 saturated carbocycles. The molecular weight excluding hydrogens is 822 g/mol. The summed E-state index contributed by atoms with van der Waals surface area (Å²) in [4.78, 5) is 55.4. The van der Waals surface area contributed by atoms with Crippen LogP contribution in [-0.4, -0.2) is 56.7 Å². The van der Waals surface area contributed by atoms with Crippen molar-refractivity contribution in [3.05, 3.63) is 148 Å². The molecule has 12 heteroatoms. The van der Waals surface area contributed by atoms with Gasteiger partial charge in [-0.2, -0.15) is 0 Å². The van der Waals surface area contributed by atoms with Crippen molar-refractivity contribution in [3.8, 4) is 23.0 Å². The fourth-order valence-electron chi connectivity index (χ4n) is 7.88. The average Bonchev–Trinajstić information content (AvgIpc) is 3.24. The third kappa shape index (κ3) is 10.4. The predicted molar refractivity (Wildman–Crippen MR) is 248 cm³/mol. The lowest BCUT2D eigenvalue weighted by Crippen LogP contribution is -2.22. The Bertz CT molecular complexity index is 2330. The number of aryl methyl sites for hydroxylation is 4. The molecule has 0 spiro atoms. The van der Waals surface area contributed by atoms with Crippen LogP contribution in [0.4, 0.5) is 0 Å². The highest BCUT2D eigenvalue weighted by Gasteiger charge is 2.47. The molecule has 328 valence electrons. The Hall–Kier alpha value is -5.56. The molecule has 0 saturated heterocycles. The molecule has 0 amide bonds. The van der Waals surface area contributed by atoms with Gasteiger partial charge in [-0.25, -0.2) is 0 Å². The van der Waals surface area contributed by atoms with E-state index in [1.54, 1.807) is 119 Å². The zero-order valence-corrected chi connectivity index (χ0v) is 39.6. The fraction of sp³-hybridized carbons (Fsp3) is 0.320. The number of carbonyl (C=O) groups excluding carboxylic acids is 4. The molecular formula is C50H58O10P2. The minimum absolute atomic E-state index is 0.0130. The quantitative estimate of drug-likeness (QED) is 0.0880. The van der Waals surface area contributed by atoms with Crippen LogP contribution < -0.4 is 24.3 Å². The third-order valence-electron chi connectivity index (χ3n) is 10.6. The molecule has 0 aliphatic heterocycles. The van der Waals surface area contributed by atoms with E-state index in [0.29, 0.717) is 17.5 Å². The van der Waals surface area contributed by atoms with Crippen LogP contribution in [0.3, 0.4) is 0 Å². The van der Waals surface area contributed by atoms with E-state index in [-0.39, 0.29) is 56.9 Å². The fourth-order valence-corrected chi connectivity index (χ4v) is 13.1. The number of methoxy groups -OCH3 is 4. The maximum absolute atomic E-state index is 14.7. The van der Waals surface area contributed by atoms with Crippen molar-refractivity contribution >= 4 is 41.7 Å². The molecule has 0 aliphatic carbocycles. The Labute approximate surface area is 366 Å². The second-order valence-electron chi connectivity index (χ2n) is 16.6. The van der Waals surface area contributed by atoms with Crippen molar-refractivity contribution in [1.29, 1.82) is 0 Å². The van der Waals surface area contributed by atoms with Crippen molar-refractivity contribution in [2.24, 2.45) is 11.3 Å².